The lowest BCUT2D eigenvalue weighted by atomic mass is 10.3. The zero-order valence-electron chi connectivity index (χ0n) is 8.86. The van der Waals surface area contributed by atoms with Crippen LogP contribution in [0.4, 0.5) is 14.5 Å². The van der Waals surface area contributed by atoms with Gasteiger partial charge < -0.3 is 5.73 Å². The number of halogens is 2. The predicted octanol–water partition coefficient (Wildman–Crippen LogP) is 3.23. The summed E-state index contributed by atoms with van der Waals surface area (Å²) in [4.78, 5) is 4.39. The molecule has 0 saturated heterocycles. The second-order valence-electron chi connectivity index (χ2n) is 3.48. The Labute approximate surface area is 102 Å². The number of aromatic nitrogens is 1. The Bertz CT molecular complexity index is 532. The lowest BCUT2D eigenvalue weighted by Crippen LogP contribution is -1.91. The lowest BCUT2D eigenvalue weighted by molar-refractivity contribution is 0.619. The fraction of sp³-hybridized carbons (Fsp3) is 0.0833. The summed E-state index contributed by atoms with van der Waals surface area (Å²) in [6, 6.07) is 5.59. The van der Waals surface area contributed by atoms with Crippen LogP contribution < -0.4 is 5.73 Å². The Kier molecular flexibility index (Phi) is 3.58. The summed E-state index contributed by atoms with van der Waals surface area (Å²) in [6.45, 7) is 0. The first-order valence-electron chi connectivity index (χ1n) is 4.92. The lowest BCUT2D eigenvalue weighted by Gasteiger charge is -2.05. The maximum Gasteiger partial charge on any atom is 0.141 e. The van der Waals surface area contributed by atoms with Gasteiger partial charge in [0, 0.05) is 22.5 Å². The molecule has 2 N–H and O–H groups in total. The SMILES string of the molecule is Nc1ccc(F)cc1SCc1cncc(F)c1. The van der Waals surface area contributed by atoms with Crippen molar-refractivity contribution < 1.29 is 8.78 Å². The number of nitrogen functional groups attached to an aromatic ring is 1. The molecule has 17 heavy (non-hydrogen) atoms. The van der Waals surface area contributed by atoms with Gasteiger partial charge in [-0.2, -0.15) is 0 Å². The van der Waals surface area contributed by atoms with Crippen molar-refractivity contribution in [2.75, 3.05) is 5.73 Å². The highest BCUT2D eigenvalue weighted by Gasteiger charge is 2.03. The first-order valence-corrected chi connectivity index (χ1v) is 5.91. The molecule has 0 bridgehead atoms. The van der Waals surface area contributed by atoms with Gasteiger partial charge >= 0.3 is 0 Å². The Balaban J connectivity index is 2.09. The zero-order chi connectivity index (χ0) is 12.3. The van der Waals surface area contributed by atoms with Crippen molar-refractivity contribution in [1.29, 1.82) is 0 Å². The number of nitrogens with zero attached hydrogens (tertiary/aromatic N) is 1. The highest BCUT2D eigenvalue weighted by atomic mass is 32.2. The Morgan fingerprint density at radius 3 is 2.71 bits per heavy atom. The average Bonchev–Trinajstić information content (AvgIpc) is 2.30. The molecular weight excluding hydrogens is 242 g/mol. The van der Waals surface area contributed by atoms with Gasteiger partial charge in [0.25, 0.3) is 0 Å². The van der Waals surface area contributed by atoms with Crippen molar-refractivity contribution >= 4 is 17.4 Å². The van der Waals surface area contributed by atoms with Gasteiger partial charge in [0.15, 0.2) is 0 Å². The van der Waals surface area contributed by atoms with Crippen molar-refractivity contribution in [2.45, 2.75) is 10.6 Å². The summed E-state index contributed by atoms with van der Waals surface area (Å²) >= 11 is 1.35. The van der Waals surface area contributed by atoms with Crippen LogP contribution in [0.2, 0.25) is 0 Å². The van der Waals surface area contributed by atoms with Crippen LogP contribution in [0, 0.1) is 11.6 Å². The smallest absolute Gasteiger partial charge is 0.141 e. The molecule has 1 aromatic carbocycles. The van der Waals surface area contributed by atoms with Crippen LogP contribution in [0.15, 0.2) is 41.6 Å². The molecule has 0 radical (unpaired) electrons. The summed E-state index contributed by atoms with van der Waals surface area (Å²) in [7, 11) is 0. The van der Waals surface area contributed by atoms with Crippen LogP contribution in [0.25, 0.3) is 0 Å². The van der Waals surface area contributed by atoms with Crippen LogP contribution in [0.5, 0.6) is 0 Å². The summed E-state index contributed by atoms with van der Waals surface area (Å²) in [5.74, 6) is -0.215. The van der Waals surface area contributed by atoms with Gasteiger partial charge in [-0.25, -0.2) is 8.78 Å². The molecule has 0 amide bonds. The van der Waals surface area contributed by atoms with Gasteiger partial charge in [0.05, 0.1) is 6.20 Å². The summed E-state index contributed by atoms with van der Waals surface area (Å²) in [6.07, 6.45) is 2.72. The summed E-state index contributed by atoms with van der Waals surface area (Å²) in [5, 5.41) is 0. The van der Waals surface area contributed by atoms with Gasteiger partial charge in [-0.3, -0.25) is 4.98 Å². The second kappa shape index (κ2) is 5.14. The summed E-state index contributed by atoms with van der Waals surface area (Å²) in [5.41, 5.74) is 6.96. The molecule has 1 heterocycles. The van der Waals surface area contributed by atoms with Crippen LogP contribution in [-0.2, 0) is 5.75 Å². The minimum absolute atomic E-state index is 0.334. The van der Waals surface area contributed by atoms with E-state index in [1.807, 2.05) is 0 Å². The maximum atomic E-state index is 13.0. The molecule has 0 atom stereocenters. The quantitative estimate of drug-likeness (QED) is 0.673. The fourth-order valence-corrected chi connectivity index (χ4v) is 2.24. The monoisotopic (exact) mass is 252 g/mol. The number of pyridine rings is 1. The van der Waals surface area contributed by atoms with E-state index in [-0.39, 0.29) is 11.6 Å². The topological polar surface area (TPSA) is 38.9 Å². The molecule has 2 aromatic rings. The van der Waals surface area contributed by atoms with E-state index >= 15 is 0 Å². The first-order chi connectivity index (χ1) is 8.15. The minimum Gasteiger partial charge on any atom is -0.398 e. The number of rotatable bonds is 3. The average molecular weight is 252 g/mol. The highest BCUT2D eigenvalue weighted by Crippen LogP contribution is 2.28. The van der Waals surface area contributed by atoms with Crippen LogP contribution in [-0.4, -0.2) is 4.98 Å². The zero-order valence-corrected chi connectivity index (χ0v) is 9.68. The summed E-state index contributed by atoms with van der Waals surface area (Å²) < 4.78 is 25.9. The minimum atomic E-state index is -0.379. The first kappa shape index (κ1) is 11.9. The number of thioether (sulfide) groups is 1. The molecule has 1 aromatic heterocycles. The molecular formula is C12H10F2N2S. The highest BCUT2D eigenvalue weighted by molar-refractivity contribution is 7.98. The van der Waals surface area contributed by atoms with Crippen LogP contribution in [0.3, 0.4) is 0 Å². The number of nitrogens with two attached hydrogens (primary N) is 1. The molecule has 0 spiro atoms. The molecule has 0 aliphatic heterocycles. The van der Waals surface area contributed by atoms with E-state index in [1.54, 1.807) is 6.20 Å². The third kappa shape index (κ3) is 3.17. The van der Waals surface area contributed by atoms with E-state index in [2.05, 4.69) is 4.98 Å². The Morgan fingerprint density at radius 2 is 1.94 bits per heavy atom. The normalized spacial score (nSPS) is 10.5. The molecule has 88 valence electrons. The third-order valence-electron chi connectivity index (χ3n) is 2.13. The van der Waals surface area contributed by atoms with E-state index in [0.717, 1.165) is 11.8 Å². The molecule has 2 rings (SSSR count). The van der Waals surface area contributed by atoms with Crippen molar-refractivity contribution in [1.82, 2.24) is 4.98 Å². The number of benzene rings is 1. The standard InChI is InChI=1S/C12H10F2N2S/c13-9-1-2-11(15)12(4-9)17-7-8-3-10(14)6-16-5-8/h1-6H,7,15H2. The van der Waals surface area contributed by atoms with E-state index in [4.69, 9.17) is 5.73 Å². The maximum absolute atomic E-state index is 13.0. The van der Waals surface area contributed by atoms with Gasteiger partial charge in [0.2, 0.25) is 0 Å². The number of anilines is 1. The van der Waals surface area contributed by atoms with Crippen molar-refractivity contribution in [3.8, 4) is 0 Å². The van der Waals surface area contributed by atoms with Crippen molar-refractivity contribution in [2.24, 2.45) is 0 Å². The van der Waals surface area contributed by atoms with Gasteiger partial charge in [-0.15, -0.1) is 11.8 Å². The van der Waals surface area contributed by atoms with Crippen molar-refractivity contribution in [3.63, 3.8) is 0 Å². The fourth-order valence-electron chi connectivity index (χ4n) is 1.33. The molecule has 5 heteroatoms. The Hall–Kier alpha value is -1.62. The van der Waals surface area contributed by atoms with E-state index in [0.29, 0.717) is 16.3 Å². The van der Waals surface area contributed by atoms with Gasteiger partial charge in [-0.05, 0) is 29.8 Å². The van der Waals surface area contributed by atoms with Gasteiger partial charge in [0.1, 0.15) is 11.6 Å². The molecule has 0 aliphatic carbocycles. The van der Waals surface area contributed by atoms with Gasteiger partial charge in [-0.1, -0.05) is 0 Å². The molecule has 0 fully saturated rings. The van der Waals surface area contributed by atoms with Crippen LogP contribution >= 0.6 is 11.8 Å². The number of hydrogen-bond acceptors (Lipinski definition) is 3. The van der Waals surface area contributed by atoms with Crippen molar-refractivity contribution in [3.05, 3.63) is 53.9 Å². The van der Waals surface area contributed by atoms with E-state index < -0.39 is 0 Å². The largest absolute Gasteiger partial charge is 0.398 e. The number of hydrogen-bond donors (Lipinski definition) is 1. The molecule has 0 aliphatic rings. The second-order valence-corrected chi connectivity index (χ2v) is 4.50. The molecule has 2 nitrogen and oxygen atoms in total. The predicted molar refractivity (Wildman–Crippen MR) is 64.6 cm³/mol. The molecule has 0 saturated carbocycles. The molecule has 0 unspecified atom stereocenters. The van der Waals surface area contributed by atoms with Crippen LogP contribution in [0.1, 0.15) is 5.56 Å². The Morgan fingerprint density at radius 1 is 1.12 bits per heavy atom. The van der Waals surface area contributed by atoms with E-state index in [1.165, 1.54) is 36.0 Å². The third-order valence-corrected chi connectivity index (χ3v) is 3.27. The van der Waals surface area contributed by atoms with E-state index in [9.17, 15) is 8.78 Å².